The summed E-state index contributed by atoms with van der Waals surface area (Å²) in [4.78, 5) is 24.9. The second kappa shape index (κ2) is 7.11. The predicted octanol–water partition coefficient (Wildman–Crippen LogP) is 3.43. The number of urea groups is 1. The molecule has 2 N–H and O–H groups in total. The highest BCUT2D eigenvalue weighted by Gasteiger charge is 2.19. The lowest BCUT2D eigenvalue weighted by atomic mass is 9.98. The van der Waals surface area contributed by atoms with Crippen molar-refractivity contribution in [3.63, 3.8) is 0 Å². The van der Waals surface area contributed by atoms with Crippen LogP contribution in [-0.2, 0) is 0 Å². The molecular formula is C16H22N2O3. The molecule has 0 radical (unpaired) electrons. The van der Waals surface area contributed by atoms with Crippen molar-refractivity contribution in [2.24, 2.45) is 5.92 Å². The van der Waals surface area contributed by atoms with E-state index in [-0.39, 0.29) is 11.6 Å². The minimum absolute atomic E-state index is 0.102. The number of carboxylic acids is 1. The van der Waals surface area contributed by atoms with Crippen LogP contribution < -0.4 is 5.32 Å². The van der Waals surface area contributed by atoms with Gasteiger partial charge in [0, 0.05) is 18.8 Å². The predicted molar refractivity (Wildman–Crippen MR) is 81.6 cm³/mol. The van der Waals surface area contributed by atoms with E-state index >= 15 is 0 Å². The van der Waals surface area contributed by atoms with Gasteiger partial charge in [-0.1, -0.05) is 13.3 Å². The number of carbonyl (C=O) groups excluding carboxylic acids is 1. The standard InChI is InChI=1S/C16H22N2O3/c1-2-12-4-3-10-18(11-9-12)16(21)17-14-7-5-13(6-8-14)15(19)20/h5-8,12H,2-4,9-11H2,1H3,(H,17,21)(H,19,20). The molecule has 1 saturated heterocycles. The van der Waals surface area contributed by atoms with Gasteiger partial charge in [-0.2, -0.15) is 0 Å². The zero-order valence-corrected chi connectivity index (χ0v) is 12.3. The van der Waals surface area contributed by atoms with Gasteiger partial charge >= 0.3 is 12.0 Å². The fraction of sp³-hybridized carbons (Fsp3) is 0.500. The number of hydrogen-bond donors (Lipinski definition) is 2. The lowest BCUT2D eigenvalue weighted by molar-refractivity contribution is 0.0697. The van der Waals surface area contributed by atoms with Crippen molar-refractivity contribution in [3.8, 4) is 0 Å². The van der Waals surface area contributed by atoms with Crippen molar-refractivity contribution in [2.45, 2.75) is 32.6 Å². The number of nitrogens with zero attached hydrogens (tertiary/aromatic N) is 1. The van der Waals surface area contributed by atoms with Gasteiger partial charge in [0.1, 0.15) is 0 Å². The Bertz CT molecular complexity index is 499. The molecule has 0 spiro atoms. The first-order valence-electron chi connectivity index (χ1n) is 7.49. The Kier molecular flexibility index (Phi) is 5.20. The molecule has 21 heavy (non-hydrogen) atoms. The number of nitrogens with one attached hydrogen (secondary N) is 1. The molecule has 114 valence electrons. The average Bonchev–Trinajstić information content (AvgIpc) is 2.73. The summed E-state index contributed by atoms with van der Waals surface area (Å²) in [5.41, 5.74) is 0.842. The molecule has 1 aromatic rings. The summed E-state index contributed by atoms with van der Waals surface area (Å²) in [6.07, 6.45) is 4.46. The Morgan fingerprint density at radius 2 is 1.95 bits per heavy atom. The normalized spacial score (nSPS) is 18.9. The Morgan fingerprint density at radius 1 is 1.24 bits per heavy atom. The van der Waals surface area contributed by atoms with Gasteiger partial charge in [-0.3, -0.25) is 0 Å². The average molecular weight is 290 g/mol. The first kappa shape index (κ1) is 15.4. The Hall–Kier alpha value is -2.04. The molecule has 2 amide bonds. The third kappa shape index (κ3) is 4.21. The van der Waals surface area contributed by atoms with Crippen LogP contribution in [0.3, 0.4) is 0 Å². The largest absolute Gasteiger partial charge is 0.478 e. The minimum atomic E-state index is -0.967. The van der Waals surface area contributed by atoms with E-state index in [0.29, 0.717) is 5.69 Å². The number of rotatable bonds is 3. The number of hydrogen-bond acceptors (Lipinski definition) is 2. The van der Waals surface area contributed by atoms with Crippen LogP contribution in [0, 0.1) is 5.92 Å². The van der Waals surface area contributed by atoms with Gasteiger partial charge in [0.15, 0.2) is 0 Å². The number of carbonyl (C=O) groups is 2. The van der Waals surface area contributed by atoms with Crippen molar-refractivity contribution in [3.05, 3.63) is 29.8 Å². The van der Waals surface area contributed by atoms with E-state index in [4.69, 9.17) is 5.11 Å². The SMILES string of the molecule is CCC1CCCN(C(=O)Nc2ccc(C(=O)O)cc2)CC1. The van der Waals surface area contributed by atoms with Crippen LogP contribution in [0.25, 0.3) is 0 Å². The zero-order chi connectivity index (χ0) is 15.2. The lowest BCUT2D eigenvalue weighted by Crippen LogP contribution is -2.35. The van der Waals surface area contributed by atoms with E-state index in [1.807, 2.05) is 4.90 Å². The maximum absolute atomic E-state index is 12.2. The van der Waals surface area contributed by atoms with E-state index in [1.54, 1.807) is 12.1 Å². The van der Waals surface area contributed by atoms with Crippen molar-refractivity contribution in [2.75, 3.05) is 18.4 Å². The van der Waals surface area contributed by atoms with Crippen LogP contribution in [0.15, 0.2) is 24.3 Å². The third-order valence-electron chi connectivity index (χ3n) is 4.10. The van der Waals surface area contributed by atoms with Crippen molar-refractivity contribution in [1.29, 1.82) is 0 Å². The molecule has 0 aliphatic carbocycles. The Labute approximate surface area is 125 Å². The summed E-state index contributed by atoms with van der Waals surface area (Å²) in [6.45, 7) is 3.78. The molecule has 1 heterocycles. The maximum atomic E-state index is 12.2. The highest BCUT2D eigenvalue weighted by Crippen LogP contribution is 2.21. The van der Waals surface area contributed by atoms with Gasteiger partial charge in [-0.05, 0) is 49.4 Å². The third-order valence-corrected chi connectivity index (χ3v) is 4.10. The molecule has 1 aliphatic rings. The summed E-state index contributed by atoms with van der Waals surface area (Å²) >= 11 is 0. The smallest absolute Gasteiger partial charge is 0.335 e. The number of amides is 2. The second-order valence-electron chi connectivity index (χ2n) is 5.50. The van der Waals surface area contributed by atoms with E-state index in [0.717, 1.165) is 31.8 Å². The van der Waals surface area contributed by atoms with E-state index in [2.05, 4.69) is 12.2 Å². The summed E-state index contributed by atoms with van der Waals surface area (Å²) in [6, 6.07) is 6.12. The fourth-order valence-corrected chi connectivity index (χ4v) is 2.68. The van der Waals surface area contributed by atoms with E-state index in [9.17, 15) is 9.59 Å². The van der Waals surface area contributed by atoms with Crippen molar-refractivity contribution in [1.82, 2.24) is 4.90 Å². The van der Waals surface area contributed by atoms with Gasteiger partial charge < -0.3 is 15.3 Å². The van der Waals surface area contributed by atoms with Gasteiger partial charge in [0.2, 0.25) is 0 Å². The van der Waals surface area contributed by atoms with Crippen LogP contribution in [0.1, 0.15) is 43.0 Å². The number of aromatic carboxylic acids is 1. The van der Waals surface area contributed by atoms with E-state index in [1.165, 1.54) is 25.0 Å². The number of benzene rings is 1. The van der Waals surface area contributed by atoms with Crippen molar-refractivity contribution >= 4 is 17.7 Å². The quantitative estimate of drug-likeness (QED) is 0.896. The van der Waals surface area contributed by atoms with Gasteiger partial charge in [0.25, 0.3) is 0 Å². The van der Waals surface area contributed by atoms with Crippen LogP contribution in [0.2, 0.25) is 0 Å². The molecule has 0 aromatic heterocycles. The first-order chi connectivity index (χ1) is 10.1. The molecule has 1 atom stereocenters. The molecule has 1 aromatic carbocycles. The molecule has 1 unspecified atom stereocenters. The van der Waals surface area contributed by atoms with Gasteiger partial charge in [-0.15, -0.1) is 0 Å². The van der Waals surface area contributed by atoms with Crippen LogP contribution in [-0.4, -0.2) is 35.1 Å². The summed E-state index contributed by atoms with van der Waals surface area (Å²) in [5.74, 6) is -0.247. The van der Waals surface area contributed by atoms with Gasteiger partial charge in [0.05, 0.1) is 5.56 Å². The molecule has 1 aliphatic heterocycles. The number of likely N-dealkylation sites (tertiary alicyclic amines) is 1. The Morgan fingerprint density at radius 3 is 2.57 bits per heavy atom. The Balaban J connectivity index is 1.93. The summed E-state index contributed by atoms with van der Waals surface area (Å²) < 4.78 is 0. The molecule has 1 fully saturated rings. The highest BCUT2D eigenvalue weighted by molar-refractivity contribution is 5.91. The van der Waals surface area contributed by atoms with Crippen LogP contribution >= 0.6 is 0 Å². The summed E-state index contributed by atoms with van der Waals surface area (Å²) in [7, 11) is 0. The number of anilines is 1. The first-order valence-corrected chi connectivity index (χ1v) is 7.49. The molecular weight excluding hydrogens is 268 g/mol. The molecule has 0 bridgehead atoms. The topological polar surface area (TPSA) is 69.6 Å². The molecule has 0 saturated carbocycles. The molecule has 5 nitrogen and oxygen atoms in total. The lowest BCUT2D eigenvalue weighted by Gasteiger charge is -2.21. The zero-order valence-electron chi connectivity index (χ0n) is 12.3. The molecule has 5 heteroatoms. The maximum Gasteiger partial charge on any atom is 0.335 e. The van der Waals surface area contributed by atoms with Crippen LogP contribution in [0.4, 0.5) is 10.5 Å². The van der Waals surface area contributed by atoms with Crippen molar-refractivity contribution < 1.29 is 14.7 Å². The second-order valence-corrected chi connectivity index (χ2v) is 5.50. The number of carboxylic acid groups (broad SMARTS) is 1. The highest BCUT2D eigenvalue weighted by atomic mass is 16.4. The fourth-order valence-electron chi connectivity index (χ4n) is 2.68. The van der Waals surface area contributed by atoms with Gasteiger partial charge in [-0.25, -0.2) is 9.59 Å². The molecule has 2 rings (SSSR count). The van der Waals surface area contributed by atoms with Crippen LogP contribution in [0.5, 0.6) is 0 Å². The minimum Gasteiger partial charge on any atom is -0.478 e. The summed E-state index contributed by atoms with van der Waals surface area (Å²) in [5, 5.41) is 11.7. The monoisotopic (exact) mass is 290 g/mol. The van der Waals surface area contributed by atoms with E-state index < -0.39 is 5.97 Å².